The second-order valence-corrected chi connectivity index (χ2v) is 3.23. The van der Waals surface area contributed by atoms with Crippen molar-refractivity contribution in [1.29, 1.82) is 0 Å². The molecule has 0 aliphatic heterocycles. The molecule has 0 rings (SSSR count). The number of aliphatic hydroxyl groups is 3. The third kappa shape index (κ3) is 61.2. The molecule has 0 radical (unpaired) electrons. The Hall–Kier alpha value is 0.750. The maximum Gasteiger partial charge on any atom is 0.0430 e. The third-order valence-electron chi connectivity index (χ3n) is 1.54. The molecule has 0 unspecified atom stereocenters. The predicted molar refractivity (Wildman–Crippen MR) is 66.0 cm³/mol. The Morgan fingerprint density at radius 2 is 0.750 bits per heavy atom. The first-order valence-corrected chi connectivity index (χ1v) is 6.07. The Balaban J connectivity index is -0.0000000655. The second kappa shape index (κ2) is 36.0. The van der Waals surface area contributed by atoms with Crippen LogP contribution in [-0.2, 0) is 25.8 Å². The van der Waals surface area contributed by atoms with Gasteiger partial charge in [0.2, 0.25) is 0 Å². The van der Waals surface area contributed by atoms with Gasteiger partial charge in [0, 0.05) is 45.7 Å². The third-order valence-corrected chi connectivity index (χ3v) is 1.54. The molecule has 0 saturated carbocycles. The molecule has 100 valence electrons. The van der Waals surface area contributed by atoms with Crippen LogP contribution in [0.15, 0.2) is 0 Å². The van der Waals surface area contributed by atoms with Crippen LogP contribution in [0.1, 0.15) is 59.3 Å². The molecule has 3 nitrogen and oxygen atoms in total. The van der Waals surface area contributed by atoms with Crippen LogP contribution in [0.2, 0.25) is 0 Å². The van der Waals surface area contributed by atoms with Gasteiger partial charge in [-0.05, 0) is 19.3 Å². The molecule has 0 aliphatic carbocycles. The Bertz CT molecular complexity index is 53.0. The summed E-state index contributed by atoms with van der Waals surface area (Å²) in [7, 11) is 0. The summed E-state index contributed by atoms with van der Waals surface area (Å²) in [4.78, 5) is 0. The Kier molecular flexibility index (Phi) is 57.6. The van der Waals surface area contributed by atoms with Crippen molar-refractivity contribution in [2.24, 2.45) is 0 Å². The fraction of sp³-hybridized carbons (Fsp3) is 1.00. The summed E-state index contributed by atoms with van der Waals surface area (Å²) in [5, 5.41) is 24.2. The molecule has 16 heavy (non-hydrogen) atoms. The molecule has 0 aromatic rings. The van der Waals surface area contributed by atoms with Crippen LogP contribution in [0.25, 0.3) is 0 Å². The van der Waals surface area contributed by atoms with E-state index in [1.165, 1.54) is 0 Å². The largest absolute Gasteiger partial charge is 0.396 e. The zero-order valence-corrected chi connectivity index (χ0v) is 14.8. The number of unbranched alkanes of at least 4 members (excludes halogenated alkanes) is 3. The van der Waals surface area contributed by atoms with Gasteiger partial charge in [0.1, 0.15) is 0 Å². The minimum Gasteiger partial charge on any atom is -0.396 e. The number of aliphatic hydroxyl groups excluding tert-OH is 3. The van der Waals surface area contributed by atoms with Crippen molar-refractivity contribution < 1.29 is 41.2 Å². The summed E-state index contributed by atoms with van der Waals surface area (Å²) < 4.78 is 0. The van der Waals surface area contributed by atoms with Crippen LogP contribution >= 0.6 is 0 Å². The number of rotatable bonds is 6. The summed E-state index contributed by atoms with van der Waals surface area (Å²) in [6, 6.07) is 0. The molecule has 0 saturated heterocycles. The van der Waals surface area contributed by atoms with Crippen LogP contribution < -0.4 is 0 Å². The Labute approximate surface area is 120 Å². The molecule has 0 aromatic heterocycles. The molecule has 0 aromatic carbocycles. The van der Waals surface area contributed by atoms with Gasteiger partial charge in [0.15, 0.2) is 0 Å². The van der Waals surface area contributed by atoms with Crippen molar-refractivity contribution in [2.45, 2.75) is 59.3 Å². The standard InChI is InChI=1S/3C4H10O.Hf/c3*1-2-3-4-5;/h3*5H,2-4H2,1H3;. The van der Waals surface area contributed by atoms with Gasteiger partial charge in [-0.2, -0.15) is 0 Å². The zero-order chi connectivity index (χ0) is 12.4. The van der Waals surface area contributed by atoms with E-state index in [0.29, 0.717) is 19.8 Å². The van der Waals surface area contributed by atoms with E-state index >= 15 is 0 Å². The zero-order valence-electron chi connectivity index (χ0n) is 11.2. The summed E-state index contributed by atoms with van der Waals surface area (Å²) in [5.74, 6) is 0. The van der Waals surface area contributed by atoms with Crippen molar-refractivity contribution in [3.05, 3.63) is 0 Å². The van der Waals surface area contributed by atoms with E-state index < -0.39 is 0 Å². The van der Waals surface area contributed by atoms with E-state index in [0.717, 1.165) is 38.5 Å². The maximum absolute atomic E-state index is 8.07. The molecule has 0 amide bonds. The van der Waals surface area contributed by atoms with E-state index in [2.05, 4.69) is 20.8 Å². The van der Waals surface area contributed by atoms with Crippen molar-refractivity contribution >= 4 is 0 Å². The van der Waals surface area contributed by atoms with Crippen molar-refractivity contribution in [3.63, 3.8) is 0 Å². The minimum absolute atomic E-state index is 0. The SMILES string of the molecule is CCCCO.CCCCO.CCCCO.[Hf]. The van der Waals surface area contributed by atoms with Gasteiger partial charge in [-0.15, -0.1) is 0 Å². The predicted octanol–water partition coefficient (Wildman–Crippen LogP) is 2.33. The van der Waals surface area contributed by atoms with Crippen LogP contribution in [0.5, 0.6) is 0 Å². The Morgan fingerprint density at radius 3 is 0.750 bits per heavy atom. The molecule has 4 heteroatoms. The van der Waals surface area contributed by atoms with Crippen LogP contribution in [-0.4, -0.2) is 35.1 Å². The summed E-state index contributed by atoms with van der Waals surface area (Å²) >= 11 is 0. The molecule has 0 aliphatic rings. The first-order chi connectivity index (χ1) is 7.24. The molecule has 0 spiro atoms. The van der Waals surface area contributed by atoms with Gasteiger partial charge >= 0.3 is 0 Å². The topological polar surface area (TPSA) is 60.7 Å². The van der Waals surface area contributed by atoms with Gasteiger partial charge in [-0.1, -0.05) is 40.0 Å². The molecule has 3 N–H and O–H groups in total. The van der Waals surface area contributed by atoms with E-state index in [9.17, 15) is 0 Å². The summed E-state index contributed by atoms with van der Waals surface area (Å²) in [6.45, 7) is 7.19. The molecule has 0 fully saturated rings. The number of hydrogen-bond acceptors (Lipinski definition) is 3. The molecule has 0 atom stereocenters. The Morgan fingerprint density at radius 1 is 0.562 bits per heavy atom. The monoisotopic (exact) mass is 402 g/mol. The van der Waals surface area contributed by atoms with Gasteiger partial charge < -0.3 is 15.3 Å². The summed E-state index contributed by atoms with van der Waals surface area (Å²) in [6.07, 6.45) is 6.11. The van der Waals surface area contributed by atoms with E-state index in [-0.39, 0.29) is 25.8 Å². The fourth-order valence-electron chi connectivity index (χ4n) is 0.474. The summed E-state index contributed by atoms with van der Waals surface area (Å²) in [5.41, 5.74) is 0. The fourth-order valence-corrected chi connectivity index (χ4v) is 0.474. The van der Waals surface area contributed by atoms with Crippen LogP contribution in [0.3, 0.4) is 0 Å². The molecule has 0 bridgehead atoms. The average molecular weight is 401 g/mol. The average Bonchev–Trinajstić information content (AvgIpc) is 2.23. The van der Waals surface area contributed by atoms with Crippen molar-refractivity contribution in [3.8, 4) is 0 Å². The molecular formula is C12H30HfO3. The van der Waals surface area contributed by atoms with Gasteiger partial charge in [-0.3, -0.25) is 0 Å². The quantitative estimate of drug-likeness (QED) is 0.600. The van der Waals surface area contributed by atoms with Crippen molar-refractivity contribution in [2.75, 3.05) is 19.8 Å². The first kappa shape index (κ1) is 25.6. The number of hydrogen-bond donors (Lipinski definition) is 3. The van der Waals surface area contributed by atoms with Gasteiger partial charge in [-0.25, -0.2) is 0 Å². The minimum atomic E-state index is 0. The van der Waals surface area contributed by atoms with Crippen molar-refractivity contribution in [1.82, 2.24) is 0 Å². The normalized spacial score (nSPS) is 7.88. The maximum atomic E-state index is 8.07. The second-order valence-electron chi connectivity index (χ2n) is 3.23. The van der Waals surface area contributed by atoms with Gasteiger partial charge in [0.25, 0.3) is 0 Å². The van der Waals surface area contributed by atoms with Crippen LogP contribution in [0.4, 0.5) is 0 Å². The molecular weight excluding hydrogens is 371 g/mol. The molecule has 0 heterocycles. The van der Waals surface area contributed by atoms with E-state index in [4.69, 9.17) is 15.3 Å². The smallest absolute Gasteiger partial charge is 0.0430 e. The van der Waals surface area contributed by atoms with Gasteiger partial charge in [0.05, 0.1) is 0 Å². The van der Waals surface area contributed by atoms with Crippen LogP contribution in [0, 0.1) is 0 Å². The first-order valence-electron chi connectivity index (χ1n) is 6.07. The van der Waals surface area contributed by atoms with E-state index in [1.54, 1.807) is 0 Å². The van der Waals surface area contributed by atoms with E-state index in [1.807, 2.05) is 0 Å².